The van der Waals surface area contributed by atoms with E-state index in [-0.39, 0.29) is 5.91 Å². The number of nitrogens with zero attached hydrogens (tertiary/aromatic N) is 4. The molecule has 0 saturated carbocycles. The van der Waals surface area contributed by atoms with Gasteiger partial charge in [0.2, 0.25) is 5.91 Å². The van der Waals surface area contributed by atoms with Crippen molar-refractivity contribution >= 4 is 34.3 Å². The Hall–Kier alpha value is -3.45. The number of anilines is 1. The van der Waals surface area contributed by atoms with E-state index in [2.05, 4.69) is 63.1 Å². The topological polar surface area (TPSA) is 50.6 Å². The highest BCUT2D eigenvalue weighted by molar-refractivity contribution is 8.00. The van der Waals surface area contributed by atoms with Crippen LogP contribution in [-0.4, -0.2) is 59.4 Å². The summed E-state index contributed by atoms with van der Waals surface area (Å²) in [6.45, 7) is 3.95. The molecule has 0 radical (unpaired) electrons. The van der Waals surface area contributed by atoms with Crippen LogP contribution in [-0.2, 0) is 11.3 Å². The zero-order valence-electron chi connectivity index (χ0n) is 19.3. The van der Waals surface area contributed by atoms with E-state index in [4.69, 9.17) is 4.74 Å². The number of pyridine rings is 1. The van der Waals surface area contributed by atoms with Gasteiger partial charge in [0.05, 0.1) is 18.4 Å². The van der Waals surface area contributed by atoms with Gasteiger partial charge in [-0.1, -0.05) is 42.1 Å². The average molecular weight is 473 g/mol. The van der Waals surface area contributed by atoms with Crippen LogP contribution in [0.3, 0.4) is 0 Å². The number of amides is 1. The van der Waals surface area contributed by atoms with Gasteiger partial charge in [0.15, 0.2) is 0 Å². The third-order valence-corrected chi connectivity index (χ3v) is 7.25. The fourth-order valence-electron chi connectivity index (χ4n) is 4.36. The minimum Gasteiger partial charge on any atom is -0.497 e. The summed E-state index contributed by atoms with van der Waals surface area (Å²) in [5.74, 6) is 1.42. The van der Waals surface area contributed by atoms with Crippen molar-refractivity contribution in [2.24, 2.45) is 0 Å². The molecule has 0 bridgehead atoms. The second-order valence-electron chi connectivity index (χ2n) is 8.33. The van der Waals surface area contributed by atoms with Crippen molar-refractivity contribution in [2.75, 3.05) is 43.9 Å². The van der Waals surface area contributed by atoms with E-state index in [0.717, 1.165) is 60.1 Å². The maximum Gasteiger partial charge on any atom is 0.233 e. The van der Waals surface area contributed by atoms with Crippen LogP contribution in [0, 0.1) is 0 Å². The smallest absolute Gasteiger partial charge is 0.233 e. The lowest BCUT2D eigenvalue weighted by atomic mass is 10.2. The van der Waals surface area contributed by atoms with Gasteiger partial charge in [-0.3, -0.25) is 4.79 Å². The molecule has 7 heteroatoms. The summed E-state index contributed by atoms with van der Waals surface area (Å²) >= 11 is 1.53. The number of ether oxygens (including phenoxy) is 1. The minimum atomic E-state index is 0.168. The van der Waals surface area contributed by atoms with E-state index in [1.807, 2.05) is 35.4 Å². The number of rotatable bonds is 7. The molecule has 5 rings (SSSR count). The molecule has 4 aromatic rings. The molecule has 0 spiro atoms. The highest BCUT2D eigenvalue weighted by Crippen LogP contribution is 2.28. The van der Waals surface area contributed by atoms with Crippen LogP contribution in [0.25, 0.3) is 10.9 Å². The third-order valence-electron chi connectivity index (χ3n) is 6.26. The lowest BCUT2D eigenvalue weighted by Crippen LogP contribution is -2.49. The molecule has 0 N–H and O–H groups in total. The standard InChI is InChI=1S/C27H28N4O2S/c1-33-23-9-7-22(8-10-23)29-15-17-30(18-16-29)26(32)20-34-27-24-12-14-31(25(24)11-13-28-27)19-21-5-3-2-4-6-21/h2-14H,15-20H2,1H3. The first-order valence-corrected chi connectivity index (χ1v) is 12.5. The van der Waals surface area contributed by atoms with Crippen LogP contribution in [0.2, 0.25) is 0 Å². The molecule has 174 valence electrons. The number of carbonyl (C=O) groups is 1. The number of fused-ring (bicyclic) bond motifs is 1. The quantitative estimate of drug-likeness (QED) is 0.370. The highest BCUT2D eigenvalue weighted by Gasteiger charge is 2.22. The normalized spacial score (nSPS) is 13.9. The van der Waals surface area contributed by atoms with Gasteiger partial charge in [-0.15, -0.1) is 0 Å². The van der Waals surface area contributed by atoms with Crippen molar-refractivity contribution in [2.45, 2.75) is 11.6 Å². The summed E-state index contributed by atoms with van der Waals surface area (Å²) in [5, 5.41) is 2.01. The number of carbonyl (C=O) groups excluding carboxylic acids is 1. The Labute approximate surface area is 204 Å². The van der Waals surface area contributed by atoms with Gasteiger partial charge in [-0.2, -0.15) is 0 Å². The lowest BCUT2D eigenvalue weighted by Gasteiger charge is -2.36. The molecule has 1 fully saturated rings. The predicted molar refractivity (Wildman–Crippen MR) is 138 cm³/mol. The third kappa shape index (κ3) is 4.89. The monoisotopic (exact) mass is 472 g/mol. The molecule has 0 aliphatic carbocycles. The molecule has 1 amide bonds. The number of piperazine rings is 1. The van der Waals surface area contributed by atoms with E-state index in [0.29, 0.717) is 5.75 Å². The molecular formula is C27H28N4O2S. The number of hydrogen-bond acceptors (Lipinski definition) is 5. The van der Waals surface area contributed by atoms with Gasteiger partial charge >= 0.3 is 0 Å². The Balaban J connectivity index is 1.18. The van der Waals surface area contributed by atoms with E-state index in [9.17, 15) is 4.79 Å². The van der Waals surface area contributed by atoms with Crippen LogP contribution in [0.5, 0.6) is 5.75 Å². The Morgan fingerprint density at radius 1 is 0.971 bits per heavy atom. The number of aromatic nitrogens is 2. The molecule has 1 saturated heterocycles. The second-order valence-corrected chi connectivity index (χ2v) is 9.30. The second kappa shape index (κ2) is 10.2. The Kier molecular flexibility index (Phi) is 6.72. The van der Waals surface area contributed by atoms with Crippen LogP contribution in [0.15, 0.2) is 84.1 Å². The summed E-state index contributed by atoms with van der Waals surface area (Å²) < 4.78 is 7.48. The van der Waals surface area contributed by atoms with Crippen LogP contribution in [0.1, 0.15) is 5.56 Å². The molecule has 1 aliphatic heterocycles. The molecule has 1 aliphatic rings. The van der Waals surface area contributed by atoms with Crippen LogP contribution in [0.4, 0.5) is 5.69 Å². The number of thioether (sulfide) groups is 1. The largest absolute Gasteiger partial charge is 0.497 e. The first kappa shape index (κ1) is 22.3. The molecule has 0 unspecified atom stereocenters. The Morgan fingerprint density at radius 2 is 1.74 bits per heavy atom. The zero-order chi connectivity index (χ0) is 23.3. The highest BCUT2D eigenvalue weighted by atomic mass is 32.2. The van der Waals surface area contributed by atoms with Gasteiger partial charge in [0, 0.05) is 56.2 Å². The number of hydrogen-bond donors (Lipinski definition) is 0. The molecule has 3 heterocycles. The van der Waals surface area contributed by atoms with E-state index < -0.39 is 0 Å². The van der Waals surface area contributed by atoms with Crippen molar-refractivity contribution in [3.05, 3.63) is 84.7 Å². The van der Waals surface area contributed by atoms with Crippen molar-refractivity contribution in [1.29, 1.82) is 0 Å². The summed E-state index contributed by atoms with van der Waals surface area (Å²) in [6, 6.07) is 22.7. The van der Waals surface area contributed by atoms with Crippen molar-refractivity contribution in [3.63, 3.8) is 0 Å². The van der Waals surface area contributed by atoms with E-state index in [1.165, 1.54) is 17.3 Å². The molecule has 2 aromatic heterocycles. The fourth-order valence-corrected chi connectivity index (χ4v) is 5.26. The lowest BCUT2D eigenvalue weighted by molar-refractivity contribution is -0.128. The van der Waals surface area contributed by atoms with Gasteiger partial charge in [-0.05, 0) is 42.0 Å². The van der Waals surface area contributed by atoms with E-state index >= 15 is 0 Å². The van der Waals surface area contributed by atoms with Gasteiger partial charge in [0.25, 0.3) is 0 Å². The average Bonchev–Trinajstić information content (AvgIpc) is 3.31. The number of benzene rings is 2. The van der Waals surface area contributed by atoms with E-state index in [1.54, 1.807) is 7.11 Å². The Bertz CT molecular complexity index is 1250. The van der Waals surface area contributed by atoms with Crippen LogP contribution >= 0.6 is 11.8 Å². The van der Waals surface area contributed by atoms with Crippen molar-refractivity contribution in [3.8, 4) is 5.75 Å². The van der Waals surface area contributed by atoms with Gasteiger partial charge in [0.1, 0.15) is 10.8 Å². The van der Waals surface area contributed by atoms with Crippen LogP contribution < -0.4 is 9.64 Å². The minimum absolute atomic E-state index is 0.168. The summed E-state index contributed by atoms with van der Waals surface area (Å²) in [6.07, 6.45) is 3.94. The predicted octanol–water partition coefficient (Wildman–Crippen LogP) is 4.53. The molecule has 6 nitrogen and oxygen atoms in total. The summed E-state index contributed by atoms with van der Waals surface area (Å²) in [5.41, 5.74) is 3.56. The first-order valence-electron chi connectivity index (χ1n) is 11.5. The SMILES string of the molecule is COc1ccc(N2CCN(C(=O)CSc3nccc4c3ccn4Cc3ccccc3)CC2)cc1. The molecular weight excluding hydrogens is 444 g/mol. The summed E-state index contributed by atoms with van der Waals surface area (Å²) in [4.78, 5) is 21.8. The van der Waals surface area contributed by atoms with Gasteiger partial charge < -0.3 is 19.1 Å². The van der Waals surface area contributed by atoms with Crippen molar-refractivity contribution < 1.29 is 9.53 Å². The molecule has 34 heavy (non-hydrogen) atoms. The fraction of sp³-hybridized carbons (Fsp3) is 0.259. The zero-order valence-corrected chi connectivity index (χ0v) is 20.1. The molecule has 2 aromatic carbocycles. The summed E-state index contributed by atoms with van der Waals surface area (Å²) in [7, 11) is 1.67. The van der Waals surface area contributed by atoms with Crippen molar-refractivity contribution in [1.82, 2.24) is 14.5 Å². The molecule has 0 atom stereocenters. The maximum atomic E-state index is 12.9. The Morgan fingerprint density at radius 3 is 2.47 bits per heavy atom. The van der Waals surface area contributed by atoms with Gasteiger partial charge in [-0.25, -0.2) is 4.98 Å². The maximum absolute atomic E-state index is 12.9. The first-order chi connectivity index (χ1) is 16.7. The number of methoxy groups -OCH3 is 1.